The number of carbonyl (C=O) groups excluding carboxylic acids is 2. The van der Waals surface area contributed by atoms with Crippen LogP contribution in [0, 0.1) is 0 Å². The van der Waals surface area contributed by atoms with Gasteiger partial charge in [0.1, 0.15) is 10.9 Å². The smallest absolute Gasteiger partial charge is 0.326 e. The molecule has 0 aliphatic heterocycles. The minimum Gasteiger partial charge on any atom is -0.480 e. The number of hydrogen-bond donors (Lipinski definition) is 3. The number of aromatic nitrogens is 1. The highest BCUT2D eigenvalue weighted by atomic mass is 32.1. The van der Waals surface area contributed by atoms with Gasteiger partial charge in [0.05, 0.1) is 12.1 Å². The summed E-state index contributed by atoms with van der Waals surface area (Å²) in [7, 11) is 0. The number of thiophene rings is 1. The SMILES string of the molecule is NC(=O)C[C@H](NC(=O)c1sccc1-n1cccc1)C(=O)O. The minimum atomic E-state index is -1.34. The molecule has 0 fully saturated rings. The van der Waals surface area contributed by atoms with E-state index in [0.717, 1.165) is 0 Å². The lowest BCUT2D eigenvalue weighted by Gasteiger charge is -2.13. The maximum Gasteiger partial charge on any atom is 0.326 e. The van der Waals surface area contributed by atoms with Gasteiger partial charge in [-0.3, -0.25) is 9.59 Å². The summed E-state index contributed by atoms with van der Waals surface area (Å²) < 4.78 is 1.75. The van der Waals surface area contributed by atoms with Crippen molar-refractivity contribution in [3.8, 4) is 5.69 Å². The Labute approximate surface area is 124 Å². The fourth-order valence-electron chi connectivity index (χ4n) is 1.80. The molecule has 2 aromatic rings. The molecule has 0 spiro atoms. The molecule has 2 heterocycles. The molecule has 0 unspecified atom stereocenters. The van der Waals surface area contributed by atoms with Gasteiger partial charge in [-0.2, -0.15) is 0 Å². The first-order valence-corrected chi connectivity index (χ1v) is 6.90. The zero-order chi connectivity index (χ0) is 15.4. The molecule has 1 atom stereocenters. The number of carbonyl (C=O) groups is 3. The second-order valence-corrected chi connectivity index (χ2v) is 5.18. The highest BCUT2D eigenvalue weighted by Crippen LogP contribution is 2.21. The van der Waals surface area contributed by atoms with Crippen molar-refractivity contribution in [3.05, 3.63) is 40.8 Å². The quantitative estimate of drug-likeness (QED) is 0.724. The van der Waals surface area contributed by atoms with E-state index in [9.17, 15) is 14.4 Å². The Balaban J connectivity index is 2.19. The van der Waals surface area contributed by atoms with Crippen LogP contribution in [-0.4, -0.2) is 33.5 Å². The highest BCUT2D eigenvalue weighted by molar-refractivity contribution is 7.12. The van der Waals surface area contributed by atoms with Gasteiger partial charge in [-0.1, -0.05) is 0 Å². The van der Waals surface area contributed by atoms with Crippen LogP contribution in [0.3, 0.4) is 0 Å². The van der Waals surface area contributed by atoms with Crippen molar-refractivity contribution in [3.63, 3.8) is 0 Å². The molecule has 0 saturated carbocycles. The van der Waals surface area contributed by atoms with Crippen LogP contribution in [0.1, 0.15) is 16.1 Å². The summed E-state index contributed by atoms with van der Waals surface area (Å²) in [4.78, 5) is 34.4. The zero-order valence-corrected chi connectivity index (χ0v) is 11.7. The predicted octanol–water partition coefficient (Wildman–Crippen LogP) is 0.597. The first-order chi connectivity index (χ1) is 9.99. The van der Waals surface area contributed by atoms with Gasteiger partial charge in [0.2, 0.25) is 5.91 Å². The molecule has 0 aromatic carbocycles. The Kier molecular flexibility index (Phi) is 4.39. The molecule has 2 amide bonds. The Morgan fingerprint density at radius 3 is 2.57 bits per heavy atom. The maximum atomic E-state index is 12.2. The van der Waals surface area contributed by atoms with Gasteiger partial charge in [0.25, 0.3) is 5.91 Å². The van der Waals surface area contributed by atoms with Crippen LogP contribution >= 0.6 is 11.3 Å². The van der Waals surface area contributed by atoms with Crippen LogP contribution in [0.5, 0.6) is 0 Å². The topological polar surface area (TPSA) is 114 Å². The van der Waals surface area contributed by atoms with Crippen LogP contribution in [0.25, 0.3) is 5.69 Å². The van der Waals surface area contributed by atoms with Gasteiger partial charge in [-0.05, 0) is 23.6 Å². The number of nitrogens with zero attached hydrogens (tertiary/aromatic N) is 1. The summed E-state index contributed by atoms with van der Waals surface area (Å²) in [6, 6.07) is 4.04. The number of carboxylic acid groups (broad SMARTS) is 1. The number of amides is 2. The van der Waals surface area contributed by atoms with Crippen LogP contribution in [-0.2, 0) is 9.59 Å². The standard InChI is InChI=1S/C13H13N3O4S/c14-10(17)7-8(13(19)20)15-12(18)11-9(3-6-21-11)16-4-1-2-5-16/h1-6,8H,7H2,(H2,14,17)(H,15,18)(H,19,20)/t8-/m0/s1. The molecule has 2 aromatic heterocycles. The fraction of sp³-hybridized carbons (Fsp3) is 0.154. The highest BCUT2D eigenvalue weighted by Gasteiger charge is 2.24. The molecule has 0 saturated heterocycles. The summed E-state index contributed by atoms with van der Waals surface area (Å²) in [5.41, 5.74) is 5.62. The molecule has 2 rings (SSSR count). The second kappa shape index (κ2) is 6.23. The first kappa shape index (κ1) is 14.8. The van der Waals surface area contributed by atoms with E-state index in [2.05, 4.69) is 5.32 Å². The van der Waals surface area contributed by atoms with Crippen molar-refractivity contribution in [2.45, 2.75) is 12.5 Å². The summed E-state index contributed by atoms with van der Waals surface area (Å²) in [5.74, 6) is -2.65. The van der Waals surface area contributed by atoms with Crippen molar-refractivity contribution >= 4 is 29.1 Å². The average Bonchev–Trinajstić information content (AvgIpc) is 3.07. The van der Waals surface area contributed by atoms with E-state index < -0.39 is 30.2 Å². The van der Waals surface area contributed by atoms with Gasteiger partial charge in [-0.25, -0.2) is 4.79 Å². The molecule has 21 heavy (non-hydrogen) atoms. The van der Waals surface area contributed by atoms with E-state index >= 15 is 0 Å². The van der Waals surface area contributed by atoms with E-state index in [1.165, 1.54) is 11.3 Å². The molecule has 4 N–H and O–H groups in total. The normalized spacial score (nSPS) is 11.8. The fourth-order valence-corrected chi connectivity index (χ4v) is 2.59. The summed E-state index contributed by atoms with van der Waals surface area (Å²) in [6.45, 7) is 0. The van der Waals surface area contributed by atoms with E-state index in [0.29, 0.717) is 10.6 Å². The number of nitrogens with two attached hydrogens (primary N) is 1. The molecule has 0 aliphatic rings. The van der Waals surface area contributed by atoms with E-state index in [1.807, 2.05) is 12.1 Å². The van der Waals surface area contributed by atoms with Crippen molar-refractivity contribution in [1.29, 1.82) is 0 Å². The molecule has 0 radical (unpaired) electrons. The maximum absolute atomic E-state index is 12.2. The monoisotopic (exact) mass is 307 g/mol. The van der Waals surface area contributed by atoms with Gasteiger partial charge >= 0.3 is 5.97 Å². The molecule has 110 valence electrons. The van der Waals surface area contributed by atoms with E-state index in [4.69, 9.17) is 10.8 Å². The molecular weight excluding hydrogens is 294 g/mol. The Morgan fingerprint density at radius 2 is 2.00 bits per heavy atom. The minimum absolute atomic E-state index is 0.363. The van der Waals surface area contributed by atoms with Crippen molar-refractivity contribution in [2.75, 3.05) is 0 Å². The van der Waals surface area contributed by atoms with Crippen molar-refractivity contribution in [2.24, 2.45) is 5.73 Å². The van der Waals surface area contributed by atoms with E-state index in [1.54, 1.807) is 28.4 Å². The summed E-state index contributed by atoms with van der Waals surface area (Å²) >= 11 is 1.19. The molecule has 7 nitrogen and oxygen atoms in total. The third kappa shape index (κ3) is 3.48. The van der Waals surface area contributed by atoms with Gasteiger partial charge in [0, 0.05) is 12.4 Å². The van der Waals surface area contributed by atoms with Crippen LogP contribution < -0.4 is 11.1 Å². The Hall–Kier alpha value is -2.61. The van der Waals surface area contributed by atoms with Gasteiger partial charge in [0.15, 0.2) is 0 Å². The Bertz CT molecular complexity index is 663. The van der Waals surface area contributed by atoms with Gasteiger partial charge in [-0.15, -0.1) is 11.3 Å². The zero-order valence-electron chi connectivity index (χ0n) is 10.9. The van der Waals surface area contributed by atoms with Crippen LogP contribution in [0.2, 0.25) is 0 Å². The summed E-state index contributed by atoms with van der Waals surface area (Å²) in [6.07, 6.45) is 3.10. The molecular formula is C13H13N3O4S. The Morgan fingerprint density at radius 1 is 1.33 bits per heavy atom. The van der Waals surface area contributed by atoms with E-state index in [-0.39, 0.29) is 0 Å². The largest absolute Gasteiger partial charge is 0.480 e. The van der Waals surface area contributed by atoms with Crippen LogP contribution in [0.4, 0.5) is 0 Å². The van der Waals surface area contributed by atoms with Crippen molar-refractivity contribution in [1.82, 2.24) is 9.88 Å². The third-order valence-electron chi connectivity index (χ3n) is 2.74. The molecule has 0 bridgehead atoms. The second-order valence-electron chi connectivity index (χ2n) is 4.26. The number of rotatable bonds is 6. The van der Waals surface area contributed by atoms with Crippen molar-refractivity contribution < 1.29 is 19.5 Å². The molecule has 8 heteroatoms. The number of hydrogen-bond acceptors (Lipinski definition) is 4. The first-order valence-electron chi connectivity index (χ1n) is 6.02. The third-order valence-corrected chi connectivity index (χ3v) is 3.64. The lowest BCUT2D eigenvalue weighted by Crippen LogP contribution is -2.43. The van der Waals surface area contributed by atoms with Gasteiger partial charge < -0.3 is 20.7 Å². The lowest BCUT2D eigenvalue weighted by molar-refractivity contribution is -0.140. The number of carboxylic acids is 1. The predicted molar refractivity (Wildman–Crippen MR) is 76.3 cm³/mol. The summed E-state index contributed by atoms with van der Waals surface area (Å²) in [5, 5.41) is 13.0. The lowest BCUT2D eigenvalue weighted by atomic mass is 10.2. The number of primary amides is 1. The molecule has 0 aliphatic carbocycles. The number of nitrogens with one attached hydrogen (secondary N) is 1. The average molecular weight is 307 g/mol. The number of aliphatic carboxylic acids is 1. The van der Waals surface area contributed by atoms with Crippen LogP contribution in [0.15, 0.2) is 36.0 Å².